The van der Waals surface area contributed by atoms with Crippen LogP contribution in [-0.2, 0) is 18.9 Å². The maximum atomic E-state index is 13.6. The molecule has 4 atom stereocenters. The molecule has 0 unspecified atom stereocenters. The molecule has 0 bridgehead atoms. The maximum Gasteiger partial charge on any atom is 0.395 e. The van der Waals surface area contributed by atoms with Crippen LogP contribution in [0.25, 0.3) is 0 Å². The molecule has 0 aliphatic carbocycles. The molecule has 0 spiro atoms. The van der Waals surface area contributed by atoms with Crippen LogP contribution in [-0.4, -0.2) is 57.5 Å². The number of aromatic nitrogens is 2. The summed E-state index contributed by atoms with van der Waals surface area (Å²) in [5.41, 5.74) is -1.73. The molecule has 1 saturated heterocycles. The fraction of sp³-hybridized carbons (Fsp3) is 0.182. The first-order valence-electron chi connectivity index (χ1n) is 14.3. The molecule has 246 valence electrons. The summed E-state index contributed by atoms with van der Waals surface area (Å²) in [6, 6.07) is 26.2. The molecular weight excluding hydrogens is 662 g/mol. The van der Waals surface area contributed by atoms with Gasteiger partial charge in [0.1, 0.15) is 23.3 Å². The molecule has 0 amide bonds. The van der Waals surface area contributed by atoms with Gasteiger partial charge < -0.3 is 29.1 Å². The Bertz CT molecular complexity index is 2020. The van der Waals surface area contributed by atoms with Crippen LogP contribution in [0.3, 0.4) is 0 Å². The van der Waals surface area contributed by atoms with Gasteiger partial charge in [0.2, 0.25) is 6.23 Å². The molecule has 15 nitrogen and oxygen atoms in total. The predicted molar refractivity (Wildman–Crippen MR) is 166 cm³/mol. The van der Waals surface area contributed by atoms with E-state index in [1.54, 1.807) is 54.6 Å². The maximum absolute atomic E-state index is 13.6. The number of hydrogen-bond donors (Lipinski definition) is 0. The SMILES string of the molecule is N#CC(C#N)c1c([N+](=O)[O-])nn([C@@H]2O[C@H](COC(=O)c3ccccc3)[C@@H](OC(=O)c3ccccc3)[C@H]2OC(=O)c2ccccc2)c(=O)c1Cl. The average Bonchev–Trinajstić information content (AvgIpc) is 3.45. The van der Waals surface area contributed by atoms with E-state index in [1.807, 2.05) is 0 Å². The van der Waals surface area contributed by atoms with Gasteiger partial charge in [-0.25, -0.2) is 14.4 Å². The van der Waals surface area contributed by atoms with E-state index in [9.17, 15) is 39.8 Å². The van der Waals surface area contributed by atoms with Crippen molar-refractivity contribution in [1.82, 2.24) is 9.78 Å². The molecule has 0 N–H and O–H groups in total. The second-order valence-electron chi connectivity index (χ2n) is 10.3. The van der Waals surface area contributed by atoms with E-state index >= 15 is 0 Å². The van der Waals surface area contributed by atoms with Crippen LogP contribution in [0.1, 0.15) is 48.8 Å². The molecule has 0 radical (unpaired) electrons. The van der Waals surface area contributed by atoms with E-state index in [0.717, 1.165) is 0 Å². The van der Waals surface area contributed by atoms with Crippen molar-refractivity contribution < 1.29 is 38.3 Å². The lowest BCUT2D eigenvalue weighted by atomic mass is 10.0. The first-order valence-corrected chi connectivity index (χ1v) is 14.7. The number of nitrogens with zero attached hydrogens (tertiary/aromatic N) is 5. The zero-order valence-electron chi connectivity index (χ0n) is 25.0. The van der Waals surface area contributed by atoms with Gasteiger partial charge in [0.15, 0.2) is 18.1 Å². The number of halogens is 1. The lowest BCUT2D eigenvalue weighted by molar-refractivity contribution is -0.391. The molecule has 1 aliphatic heterocycles. The molecule has 0 saturated carbocycles. The van der Waals surface area contributed by atoms with Gasteiger partial charge in [-0.3, -0.25) is 4.79 Å². The minimum absolute atomic E-state index is 0.0406. The Morgan fingerprint density at radius 2 is 1.33 bits per heavy atom. The van der Waals surface area contributed by atoms with Crippen molar-refractivity contribution in [1.29, 1.82) is 10.5 Å². The van der Waals surface area contributed by atoms with Gasteiger partial charge in [-0.1, -0.05) is 70.9 Å². The van der Waals surface area contributed by atoms with Gasteiger partial charge in [-0.2, -0.15) is 10.5 Å². The molecule has 1 aromatic heterocycles. The molecule has 49 heavy (non-hydrogen) atoms. The van der Waals surface area contributed by atoms with Crippen LogP contribution >= 0.6 is 11.6 Å². The van der Waals surface area contributed by atoms with Crippen LogP contribution < -0.4 is 5.56 Å². The second kappa shape index (κ2) is 15.0. The van der Waals surface area contributed by atoms with Crippen LogP contribution in [0.2, 0.25) is 5.02 Å². The average molecular weight is 684 g/mol. The minimum Gasteiger partial charge on any atom is -0.459 e. The Morgan fingerprint density at radius 1 is 0.857 bits per heavy atom. The van der Waals surface area contributed by atoms with E-state index in [-0.39, 0.29) is 16.7 Å². The highest BCUT2D eigenvalue weighted by Gasteiger charge is 2.54. The third-order valence-electron chi connectivity index (χ3n) is 7.22. The van der Waals surface area contributed by atoms with Crippen LogP contribution in [0.4, 0.5) is 5.82 Å². The number of benzene rings is 3. The quantitative estimate of drug-likeness (QED) is 0.0995. The molecule has 1 fully saturated rings. The summed E-state index contributed by atoms with van der Waals surface area (Å²) >= 11 is 6.24. The van der Waals surface area contributed by atoms with Crippen molar-refractivity contribution in [2.24, 2.45) is 0 Å². The number of carbonyl (C=O) groups is 3. The monoisotopic (exact) mass is 683 g/mol. The van der Waals surface area contributed by atoms with Gasteiger partial charge >= 0.3 is 29.3 Å². The molecule has 2 heterocycles. The van der Waals surface area contributed by atoms with Crippen molar-refractivity contribution in [3.8, 4) is 12.1 Å². The Kier molecular flexibility index (Phi) is 10.4. The summed E-state index contributed by atoms with van der Waals surface area (Å²) in [5.74, 6) is -5.66. The van der Waals surface area contributed by atoms with Gasteiger partial charge in [0, 0.05) is 0 Å². The highest BCUT2D eigenvalue weighted by molar-refractivity contribution is 6.31. The fourth-order valence-corrected chi connectivity index (χ4v) is 5.17. The summed E-state index contributed by atoms with van der Waals surface area (Å²) in [7, 11) is 0. The van der Waals surface area contributed by atoms with E-state index < -0.39 is 81.9 Å². The van der Waals surface area contributed by atoms with Gasteiger partial charge in [0.25, 0.3) is 0 Å². The molecule has 5 rings (SSSR count). The van der Waals surface area contributed by atoms with Gasteiger partial charge in [-0.15, -0.1) is 0 Å². The third-order valence-corrected chi connectivity index (χ3v) is 7.58. The molecule has 16 heteroatoms. The van der Waals surface area contributed by atoms with Crippen molar-refractivity contribution in [3.05, 3.63) is 139 Å². The van der Waals surface area contributed by atoms with Crippen molar-refractivity contribution in [2.75, 3.05) is 6.61 Å². The number of esters is 3. The van der Waals surface area contributed by atoms with Gasteiger partial charge in [0.05, 0.1) is 33.9 Å². The predicted octanol–water partition coefficient (Wildman–Crippen LogP) is 4.14. The van der Waals surface area contributed by atoms with Crippen LogP contribution in [0.5, 0.6) is 0 Å². The van der Waals surface area contributed by atoms with Gasteiger partial charge in [-0.05, 0) is 41.3 Å². The highest BCUT2D eigenvalue weighted by Crippen LogP contribution is 2.36. The van der Waals surface area contributed by atoms with E-state index in [0.29, 0.717) is 4.68 Å². The number of ether oxygens (including phenoxy) is 4. The topological polar surface area (TPSA) is 214 Å². The standard InChI is InChI=1S/C33H22ClN5O10/c34-25-24(22(16-35)17-36)28(39(44)45)37-38(29(25)40)30-27(49-33(43)21-14-8-3-9-15-21)26(48-32(42)20-12-6-2-7-13-20)23(47-30)18-46-31(41)19-10-4-1-5-11-19/h1-15,22-23,26-27,30H,18H2/t23-,26-,27-,30-/m1/s1. The normalized spacial score (nSPS) is 18.1. The largest absolute Gasteiger partial charge is 0.459 e. The zero-order chi connectivity index (χ0) is 35.1. The fourth-order valence-electron chi connectivity index (χ4n) is 4.89. The van der Waals surface area contributed by atoms with Crippen LogP contribution in [0, 0.1) is 32.8 Å². The molecular formula is C33H22ClN5O10. The first kappa shape index (κ1) is 33.9. The summed E-state index contributed by atoms with van der Waals surface area (Å²) < 4.78 is 23.4. The highest BCUT2D eigenvalue weighted by atomic mass is 35.5. The van der Waals surface area contributed by atoms with E-state index in [4.69, 9.17) is 30.5 Å². The smallest absolute Gasteiger partial charge is 0.395 e. The van der Waals surface area contributed by atoms with Crippen molar-refractivity contribution in [2.45, 2.75) is 30.5 Å². The minimum atomic E-state index is -1.87. The first-order chi connectivity index (χ1) is 23.6. The second-order valence-corrected chi connectivity index (χ2v) is 10.6. The summed E-state index contributed by atoms with van der Waals surface area (Å²) in [6.45, 7) is -0.621. The lowest BCUT2D eigenvalue weighted by Crippen LogP contribution is -2.43. The van der Waals surface area contributed by atoms with Crippen molar-refractivity contribution >= 4 is 35.3 Å². The zero-order valence-corrected chi connectivity index (χ0v) is 25.7. The van der Waals surface area contributed by atoms with Crippen molar-refractivity contribution in [3.63, 3.8) is 0 Å². The Balaban J connectivity index is 1.62. The third kappa shape index (κ3) is 7.28. The summed E-state index contributed by atoms with van der Waals surface area (Å²) in [6.07, 6.45) is -6.68. The number of nitriles is 2. The molecule has 4 aromatic rings. The summed E-state index contributed by atoms with van der Waals surface area (Å²) in [4.78, 5) is 64.1. The number of nitro groups is 1. The van der Waals surface area contributed by atoms with E-state index in [1.165, 1.54) is 48.5 Å². The Labute approximate surface area is 281 Å². The lowest BCUT2D eigenvalue weighted by Gasteiger charge is -2.24. The number of hydrogen-bond acceptors (Lipinski definition) is 13. The Morgan fingerprint density at radius 3 is 1.80 bits per heavy atom. The van der Waals surface area contributed by atoms with E-state index in [2.05, 4.69) is 5.10 Å². The summed E-state index contributed by atoms with van der Waals surface area (Å²) in [5, 5.41) is 33.7. The number of carbonyl (C=O) groups excluding carboxylic acids is 3. The van der Waals surface area contributed by atoms with Crippen LogP contribution in [0.15, 0.2) is 95.8 Å². The number of rotatable bonds is 10. The molecule has 3 aromatic carbocycles. The Hall–Kier alpha value is -6.42. The molecule has 1 aliphatic rings.